The normalized spacial score (nSPS) is 16.3. The molecule has 2 aromatic rings. The predicted octanol–water partition coefficient (Wildman–Crippen LogP) is 1.22. The number of hydrogen-bond acceptors (Lipinski definition) is 4. The Morgan fingerprint density at radius 1 is 1.48 bits per heavy atom. The lowest BCUT2D eigenvalue weighted by molar-refractivity contribution is -0.0300. The van der Waals surface area contributed by atoms with Gasteiger partial charge in [0.2, 0.25) is 0 Å². The van der Waals surface area contributed by atoms with Crippen molar-refractivity contribution in [1.29, 1.82) is 0 Å². The fourth-order valence-electron chi connectivity index (χ4n) is 2.49. The van der Waals surface area contributed by atoms with Gasteiger partial charge in [-0.05, 0) is 49.9 Å². The monoisotopic (exact) mass is 286 g/mol. The van der Waals surface area contributed by atoms with Gasteiger partial charge >= 0.3 is 0 Å². The Morgan fingerprint density at radius 2 is 2.29 bits per heavy atom. The molecule has 0 spiro atoms. The van der Waals surface area contributed by atoms with Crippen LogP contribution in [0.5, 0.6) is 0 Å². The van der Waals surface area contributed by atoms with Crippen LogP contribution in [0, 0.1) is 6.92 Å². The number of aromatic nitrogens is 3. The molecule has 1 heterocycles. The van der Waals surface area contributed by atoms with Gasteiger partial charge in [0.15, 0.2) is 0 Å². The Kier molecular flexibility index (Phi) is 3.47. The minimum Gasteiger partial charge on any atom is -0.388 e. The number of carbonyl (C=O) groups excluding carboxylic acids is 1. The number of hydrogen-bond donors (Lipinski definition) is 2. The van der Waals surface area contributed by atoms with Crippen LogP contribution in [0.15, 0.2) is 30.9 Å². The lowest BCUT2D eigenvalue weighted by Gasteiger charge is -2.36. The zero-order valence-electron chi connectivity index (χ0n) is 11.9. The van der Waals surface area contributed by atoms with Crippen LogP contribution >= 0.6 is 0 Å². The first-order valence-electron chi connectivity index (χ1n) is 7.04. The molecule has 0 radical (unpaired) electrons. The van der Waals surface area contributed by atoms with Gasteiger partial charge in [0, 0.05) is 12.1 Å². The molecule has 0 saturated heterocycles. The molecular weight excluding hydrogens is 268 g/mol. The summed E-state index contributed by atoms with van der Waals surface area (Å²) in [7, 11) is 0. The Bertz CT molecular complexity index is 648. The van der Waals surface area contributed by atoms with Crippen molar-refractivity contribution in [1.82, 2.24) is 20.1 Å². The molecule has 6 nitrogen and oxygen atoms in total. The van der Waals surface area contributed by atoms with Gasteiger partial charge < -0.3 is 10.4 Å². The summed E-state index contributed by atoms with van der Waals surface area (Å²) < 4.78 is 1.64. The Morgan fingerprint density at radius 3 is 2.86 bits per heavy atom. The number of rotatable bonds is 4. The minimum atomic E-state index is -0.704. The fourth-order valence-corrected chi connectivity index (χ4v) is 2.49. The molecule has 1 saturated carbocycles. The summed E-state index contributed by atoms with van der Waals surface area (Å²) >= 11 is 0. The highest BCUT2D eigenvalue weighted by Crippen LogP contribution is 2.30. The summed E-state index contributed by atoms with van der Waals surface area (Å²) in [5, 5.41) is 16.9. The van der Waals surface area contributed by atoms with Crippen LogP contribution in [0.25, 0.3) is 5.69 Å². The van der Waals surface area contributed by atoms with Gasteiger partial charge in [0.25, 0.3) is 5.91 Å². The van der Waals surface area contributed by atoms with E-state index in [1.807, 2.05) is 19.1 Å². The highest BCUT2D eigenvalue weighted by Gasteiger charge is 2.34. The summed E-state index contributed by atoms with van der Waals surface area (Å²) in [5.74, 6) is -0.155. The average molecular weight is 286 g/mol. The van der Waals surface area contributed by atoms with Gasteiger partial charge in [0.05, 0.1) is 11.3 Å². The number of aliphatic hydroxyl groups is 1. The Balaban J connectivity index is 1.71. The summed E-state index contributed by atoms with van der Waals surface area (Å²) in [5.41, 5.74) is 1.63. The molecule has 1 fully saturated rings. The molecule has 1 aromatic heterocycles. The van der Waals surface area contributed by atoms with Crippen molar-refractivity contribution >= 4 is 5.91 Å². The molecule has 0 unspecified atom stereocenters. The number of amides is 1. The first-order chi connectivity index (χ1) is 10.1. The maximum atomic E-state index is 12.2. The third-order valence-electron chi connectivity index (χ3n) is 4.00. The molecular formula is C15H18N4O2. The average Bonchev–Trinajstić information content (AvgIpc) is 2.96. The van der Waals surface area contributed by atoms with E-state index in [2.05, 4.69) is 15.4 Å². The number of nitrogens with one attached hydrogen (secondary N) is 1. The molecule has 21 heavy (non-hydrogen) atoms. The van der Waals surface area contributed by atoms with E-state index >= 15 is 0 Å². The Hall–Kier alpha value is -2.21. The smallest absolute Gasteiger partial charge is 0.251 e. The molecule has 110 valence electrons. The maximum Gasteiger partial charge on any atom is 0.251 e. The van der Waals surface area contributed by atoms with Crippen LogP contribution in [-0.4, -0.2) is 37.9 Å². The van der Waals surface area contributed by atoms with Gasteiger partial charge in [-0.15, -0.1) is 0 Å². The van der Waals surface area contributed by atoms with Crippen molar-refractivity contribution in [2.45, 2.75) is 31.8 Å². The third kappa shape index (κ3) is 2.80. The van der Waals surface area contributed by atoms with Crippen molar-refractivity contribution < 1.29 is 9.90 Å². The largest absolute Gasteiger partial charge is 0.388 e. The lowest BCUT2D eigenvalue weighted by Crippen LogP contribution is -2.47. The number of aryl methyl sites for hydroxylation is 1. The van der Waals surface area contributed by atoms with Crippen molar-refractivity contribution in [3.8, 4) is 5.69 Å². The molecule has 1 aromatic carbocycles. The van der Waals surface area contributed by atoms with Crippen molar-refractivity contribution in [3.05, 3.63) is 42.0 Å². The highest BCUT2D eigenvalue weighted by atomic mass is 16.3. The van der Waals surface area contributed by atoms with Crippen LogP contribution < -0.4 is 5.32 Å². The first-order valence-corrected chi connectivity index (χ1v) is 7.04. The molecule has 1 amide bonds. The topological polar surface area (TPSA) is 80.0 Å². The first kappa shape index (κ1) is 13.8. The number of carbonyl (C=O) groups is 1. The molecule has 0 aliphatic heterocycles. The molecule has 3 rings (SSSR count). The standard InChI is InChI=1S/C15H18N4O2/c1-11-7-12(19-10-16-9-18-19)3-4-13(11)14(20)17-8-15(21)5-2-6-15/h3-4,7,9-10,21H,2,5-6,8H2,1H3,(H,17,20). The lowest BCUT2D eigenvalue weighted by atomic mass is 9.80. The summed E-state index contributed by atoms with van der Waals surface area (Å²) in [6.07, 6.45) is 5.63. The second-order valence-corrected chi connectivity index (χ2v) is 5.60. The van der Waals surface area contributed by atoms with E-state index in [4.69, 9.17) is 0 Å². The summed E-state index contributed by atoms with van der Waals surface area (Å²) in [6, 6.07) is 5.49. The van der Waals surface area contributed by atoms with Crippen molar-refractivity contribution in [3.63, 3.8) is 0 Å². The van der Waals surface area contributed by atoms with Gasteiger partial charge in [0.1, 0.15) is 12.7 Å². The molecule has 2 N–H and O–H groups in total. The minimum absolute atomic E-state index is 0.155. The fraction of sp³-hybridized carbons (Fsp3) is 0.400. The van der Waals surface area contributed by atoms with Gasteiger partial charge in [-0.1, -0.05) is 0 Å². The quantitative estimate of drug-likeness (QED) is 0.885. The molecule has 1 aliphatic rings. The molecule has 6 heteroatoms. The maximum absolute atomic E-state index is 12.2. The van der Waals surface area contributed by atoms with E-state index in [0.29, 0.717) is 12.1 Å². The van der Waals surface area contributed by atoms with E-state index in [1.165, 1.54) is 6.33 Å². The molecule has 0 bridgehead atoms. The van der Waals surface area contributed by atoms with Gasteiger partial charge in [-0.25, -0.2) is 9.67 Å². The zero-order chi connectivity index (χ0) is 14.9. The van der Waals surface area contributed by atoms with Gasteiger partial charge in [-0.3, -0.25) is 4.79 Å². The van der Waals surface area contributed by atoms with E-state index in [9.17, 15) is 9.90 Å². The van der Waals surface area contributed by atoms with Crippen molar-refractivity contribution in [2.75, 3.05) is 6.54 Å². The van der Waals surface area contributed by atoms with Crippen LogP contribution in [-0.2, 0) is 0 Å². The van der Waals surface area contributed by atoms with Crippen LogP contribution in [0.4, 0.5) is 0 Å². The summed E-state index contributed by atoms with van der Waals surface area (Å²) in [4.78, 5) is 16.1. The van der Waals surface area contributed by atoms with E-state index < -0.39 is 5.60 Å². The second-order valence-electron chi connectivity index (χ2n) is 5.60. The van der Waals surface area contributed by atoms with E-state index in [0.717, 1.165) is 30.5 Å². The van der Waals surface area contributed by atoms with E-state index in [1.54, 1.807) is 17.1 Å². The number of nitrogens with zero attached hydrogens (tertiary/aromatic N) is 3. The molecule has 0 atom stereocenters. The zero-order valence-corrected chi connectivity index (χ0v) is 11.9. The summed E-state index contributed by atoms with van der Waals surface area (Å²) in [6.45, 7) is 2.20. The van der Waals surface area contributed by atoms with Crippen LogP contribution in [0.3, 0.4) is 0 Å². The highest BCUT2D eigenvalue weighted by molar-refractivity contribution is 5.95. The number of benzene rings is 1. The van der Waals surface area contributed by atoms with Crippen LogP contribution in [0.1, 0.15) is 35.2 Å². The predicted molar refractivity (Wildman–Crippen MR) is 77.2 cm³/mol. The third-order valence-corrected chi connectivity index (χ3v) is 4.00. The molecule has 1 aliphatic carbocycles. The van der Waals surface area contributed by atoms with Crippen LogP contribution in [0.2, 0.25) is 0 Å². The second kappa shape index (κ2) is 5.29. The SMILES string of the molecule is Cc1cc(-n2cncn2)ccc1C(=O)NCC1(O)CCC1. The Labute approximate surface area is 122 Å². The van der Waals surface area contributed by atoms with E-state index in [-0.39, 0.29) is 5.91 Å². The van der Waals surface area contributed by atoms with Crippen molar-refractivity contribution in [2.24, 2.45) is 0 Å². The van der Waals surface area contributed by atoms with Gasteiger partial charge in [-0.2, -0.15) is 5.10 Å².